The van der Waals surface area contributed by atoms with Crippen molar-refractivity contribution in [3.8, 4) is 0 Å². The topological polar surface area (TPSA) is 85.4 Å². The molecule has 6 heteroatoms. The number of aliphatic hydroxyl groups excluding tert-OH is 1. The number of esters is 2. The van der Waals surface area contributed by atoms with E-state index in [0.717, 1.165) is 32.1 Å². The fourth-order valence-electron chi connectivity index (χ4n) is 3.54. The highest BCUT2D eigenvalue weighted by molar-refractivity contribution is 5.74. The zero-order valence-electron chi connectivity index (χ0n) is 12.9. The van der Waals surface area contributed by atoms with Crippen LogP contribution in [0.4, 0.5) is 0 Å². The average Bonchev–Trinajstić information content (AvgIpc) is 3.25. The van der Waals surface area contributed by atoms with Crippen molar-refractivity contribution < 1.29 is 28.9 Å². The molecule has 0 radical (unpaired) electrons. The second-order valence-corrected chi connectivity index (χ2v) is 6.68. The van der Waals surface area contributed by atoms with Gasteiger partial charge in [0.1, 0.15) is 0 Å². The Bertz CT molecular complexity index is 416. The molecule has 6 nitrogen and oxygen atoms in total. The summed E-state index contributed by atoms with van der Waals surface area (Å²) in [5.41, 5.74) is 0. The predicted octanol–water partition coefficient (Wildman–Crippen LogP) is 1.54. The van der Waals surface area contributed by atoms with Crippen LogP contribution in [0.5, 0.6) is 0 Å². The molecule has 3 aliphatic rings. The minimum atomic E-state index is -0.878. The van der Waals surface area contributed by atoms with Crippen LogP contribution in [0.2, 0.25) is 0 Å². The van der Waals surface area contributed by atoms with E-state index in [0.29, 0.717) is 18.9 Å². The Labute approximate surface area is 130 Å². The second kappa shape index (κ2) is 6.54. The summed E-state index contributed by atoms with van der Waals surface area (Å²) in [6.45, 7) is 1.56. The molecule has 0 aromatic rings. The van der Waals surface area contributed by atoms with E-state index in [1.807, 2.05) is 0 Å². The normalized spacial score (nSPS) is 38.5. The van der Waals surface area contributed by atoms with Crippen LogP contribution in [-0.4, -0.2) is 41.6 Å². The van der Waals surface area contributed by atoms with Gasteiger partial charge in [-0.25, -0.2) is 0 Å². The van der Waals surface area contributed by atoms with E-state index in [9.17, 15) is 14.7 Å². The molecule has 0 amide bonds. The quantitative estimate of drug-likeness (QED) is 0.481. The first-order chi connectivity index (χ1) is 10.5. The third-order valence-electron chi connectivity index (χ3n) is 4.88. The molecular weight excluding hydrogens is 288 g/mol. The summed E-state index contributed by atoms with van der Waals surface area (Å²) in [4.78, 5) is 24.1. The first-order valence-corrected chi connectivity index (χ1v) is 8.27. The Kier molecular flexibility index (Phi) is 4.68. The molecule has 0 bridgehead atoms. The Morgan fingerprint density at radius 1 is 1.00 bits per heavy atom. The molecule has 6 atom stereocenters. The molecule has 0 aromatic heterocycles. The van der Waals surface area contributed by atoms with Crippen molar-refractivity contribution in [3.63, 3.8) is 0 Å². The molecule has 0 aromatic carbocycles. The van der Waals surface area contributed by atoms with Gasteiger partial charge in [-0.05, 0) is 38.5 Å². The predicted molar refractivity (Wildman–Crippen MR) is 75.6 cm³/mol. The molecule has 124 valence electrons. The number of fused-ring (bicyclic) bond motifs is 1. The van der Waals surface area contributed by atoms with Crippen LogP contribution >= 0.6 is 0 Å². The molecule has 3 fully saturated rings. The highest BCUT2D eigenvalue weighted by Crippen LogP contribution is 2.39. The summed E-state index contributed by atoms with van der Waals surface area (Å²) in [7, 11) is 0. The monoisotopic (exact) mass is 312 g/mol. The van der Waals surface area contributed by atoms with E-state index >= 15 is 0 Å². The van der Waals surface area contributed by atoms with Gasteiger partial charge in [0.15, 0.2) is 0 Å². The first-order valence-electron chi connectivity index (χ1n) is 8.27. The zero-order chi connectivity index (χ0) is 15.7. The molecule has 2 aliphatic carbocycles. The van der Waals surface area contributed by atoms with Crippen molar-refractivity contribution in [2.24, 2.45) is 11.8 Å². The number of aliphatic hydroxyl groups is 1. The van der Waals surface area contributed by atoms with Gasteiger partial charge in [0.2, 0.25) is 6.29 Å². The molecule has 1 saturated heterocycles. The van der Waals surface area contributed by atoms with Gasteiger partial charge in [-0.3, -0.25) is 9.59 Å². The van der Waals surface area contributed by atoms with Gasteiger partial charge in [0, 0.05) is 6.92 Å². The van der Waals surface area contributed by atoms with Crippen LogP contribution in [0.15, 0.2) is 0 Å². The Hall–Kier alpha value is -1.14. The van der Waals surface area contributed by atoms with E-state index in [2.05, 4.69) is 0 Å². The number of hydrogen-bond donors (Lipinski definition) is 1. The zero-order valence-corrected chi connectivity index (χ0v) is 12.9. The van der Waals surface area contributed by atoms with Crippen molar-refractivity contribution in [3.05, 3.63) is 0 Å². The van der Waals surface area contributed by atoms with Gasteiger partial charge < -0.3 is 19.3 Å². The van der Waals surface area contributed by atoms with Crippen LogP contribution < -0.4 is 0 Å². The molecule has 1 heterocycles. The molecule has 6 unspecified atom stereocenters. The van der Waals surface area contributed by atoms with Crippen molar-refractivity contribution in [2.75, 3.05) is 0 Å². The van der Waals surface area contributed by atoms with Crippen molar-refractivity contribution >= 4 is 11.9 Å². The van der Waals surface area contributed by atoms with E-state index in [1.165, 1.54) is 0 Å². The van der Waals surface area contributed by atoms with Gasteiger partial charge in [0.05, 0.1) is 30.1 Å². The molecule has 3 rings (SSSR count). The summed E-state index contributed by atoms with van der Waals surface area (Å²) in [6, 6.07) is 0. The SMILES string of the molecule is CC(OC(=O)C1CCCC(O)C1)OC(=O)C1CCC2OC2C1. The maximum atomic E-state index is 12.1. The van der Waals surface area contributed by atoms with Gasteiger partial charge in [-0.2, -0.15) is 0 Å². The highest BCUT2D eigenvalue weighted by Gasteiger charge is 2.46. The standard InChI is InChI=1S/C16H24O6/c1-9(20-15(18)10-3-2-4-12(17)7-10)21-16(19)11-5-6-13-14(8-11)22-13/h9-14,17H,2-8H2,1H3. The van der Waals surface area contributed by atoms with Gasteiger partial charge in [-0.1, -0.05) is 6.42 Å². The first kappa shape index (κ1) is 15.7. The molecular formula is C16H24O6. The van der Waals surface area contributed by atoms with E-state index in [4.69, 9.17) is 14.2 Å². The van der Waals surface area contributed by atoms with E-state index < -0.39 is 12.4 Å². The van der Waals surface area contributed by atoms with Crippen LogP contribution in [0, 0.1) is 11.8 Å². The third kappa shape index (κ3) is 3.79. The summed E-state index contributed by atoms with van der Waals surface area (Å²) >= 11 is 0. The fourth-order valence-corrected chi connectivity index (χ4v) is 3.54. The number of epoxide rings is 1. The summed E-state index contributed by atoms with van der Waals surface area (Å²) in [5.74, 6) is -1.13. The molecule has 0 spiro atoms. The second-order valence-electron chi connectivity index (χ2n) is 6.68. The van der Waals surface area contributed by atoms with Gasteiger partial charge in [-0.15, -0.1) is 0 Å². The van der Waals surface area contributed by atoms with E-state index in [1.54, 1.807) is 6.92 Å². The lowest BCUT2D eigenvalue weighted by Crippen LogP contribution is -2.32. The lowest BCUT2D eigenvalue weighted by atomic mass is 9.87. The Balaban J connectivity index is 1.42. The molecule has 1 N–H and O–H groups in total. The number of carbonyl (C=O) groups excluding carboxylic acids is 2. The highest BCUT2D eigenvalue weighted by atomic mass is 16.7. The summed E-state index contributed by atoms with van der Waals surface area (Å²) in [5, 5.41) is 9.60. The maximum Gasteiger partial charge on any atom is 0.312 e. The minimum absolute atomic E-state index is 0.151. The number of carbonyl (C=O) groups is 2. The maximum absolute atomic E-state index is 12.1. The summed E-state index contributed by atoms with van der Waals surface area (Å²) < 4.78 is 15.9. The van der Waals surface area contributed by atoms with Gasteiger partial charge in [0.25, 0.3) is 0 Å². The largest absolute Gasteiger partial charge is 0.425 e. The number of ether oxygens (including phenoxy) is 3. The Morgan fingerprint density at radius 3 is 2.32 bits per heavy atom. The van der Waals surface area contributed by atoms with Crippen LogP contribution in [0.3, 0.4) is 0 Å². The fraction of sp³-hybridized carbons (Fsp3) is 0.875. The molecule has 2 saturated carbocycles. The molecule has 1 aliphatic heterocycles. The van der Waals surface area contributed by atoms with Crippen molar-refractivity contribution in [1.29, 1.82) is 0 Å². The van der Waals surface area contributed by atoms with Crippen LogP contribution in [0.25, 0.3) is 0 Å². The Morgan fingerprint density at radius 2 is 1.68 bits per heavy atom. The van der Waals surface area contributed by atoms with Crippen LogP contribution in [-0.2, 0) is 23.8 Å². The molecule has 22 heavy (non-hydrogen) atoms. The number of hydrogen-bond acceptors (Lipinski definition) is 6. The number of rotatable bonds is 4. The lowest BCUT2D eigenvalue weighted by molar-refractivity contribution is -0.192. The average molecular weight is 312 g/mol. The van der Waals surface area contributed by atoms with Crippen LogP contribution in [0.1, 0.15) is 51.9 Å². The van der Waals surface area contributed by atoms with Crippen molar-refractivity contribution in [1.82, 2.24) is 0 Å². The smallest absolute Gasteiger partial charge is 0.312 e. The van der Waals surface area contributed by atoms with Gasteiger partial charge >= 0.3 is 11.9 Å². The third-order valence-corrected chi connectivity index (χ3v) is 4.88. The van der Waals surface area contributed by atoms with Crippen molar-refractivity contribution in [2.45, 2.75) is 76.5 Å². The summed E-state index contributed by atoms with van der Waals surface area (Å²) in [6.07, 6.45) is 4.34. The van der Waals surface area contributed by atoms with E-state index in [-0.39, 0.29) is 29.9 Å². The lowest BCUT2D eigenvalue weighted by Gasteiger charge is -2.26. The minimum Gasteiger partial charge on any atom is -0.425 e.